The molecule has 1 aromatic carbocycles. The molecule has 0 atom stereocenters. The molecule has 25 heavy (non-hydrogen) atoms. The fraction of sp³-hybridized carbons (Fsp3) is 0.353. The molecule has 0 amide bonds. The average Bonchev–Trinajstić information content (AvgIpc) is 3.17. The number of nitrogens with one attached hydrogen (secondary N) is 1. The van der Waals surface area contributed by atoms with Gasteiger partial charge in [0.05, 0.1) is 30.0 Å². The van der Waals surface area contributed by atoms with Crippen molar-refractivity contribution in [3.05, 3.63) is 35.3 Å². The molecule has 0 spiro atoms. The quantitative estimate of drug-likeness (QED) is 0.701. The van der Waals surface area contributed by atoms with E-state index >= 15 is 0 Å². The Morgan fingerprint density at radius 2 is 2.12 bits per heavy atom. The molecular weight excluding hydrogens is 386 g/mol. The van der Waals surface area contributed by atoms with E-state index in [1.54, 1.807) is 6.20 Å². The average molecular weight is 404 g/mol. The SMILES string of the molecule is Brc1ccc2ncc(-c3nnco3)c(NCCN3CCOCC3)c2c1. The molecule has 3 aromatic rings. The Morgan fingerprint density at radius 1 is 1.24 bits per heavy atom. The summed E-state index contributed by atoms with van der Waals surface area (Å²) in [5, 5.41) is 12.4. The predicted molar refractivity (Wildman–Crippen MR) is 98.5 cm³/mol. The summed E-state index contributed by atoms with van der Waals surface area (Å²) >= 11 is 3.54. The van der Waals surface area contributed by atoms with E-state index in [4.69, 9.17) is 9.15 Å². The molecule has 7 nitrogen and oxygen atoms in total. The lowest BCUT2D eigenvalue weighted by Crippen LogP contribution is -2.39. The molecule has 1 saturated heterocycles. The van der Waals surface area contributed by atoms with Crippen molar-refractivity contribution in [3.8, 4) is 11.5 Å². The third-order valence-corrected chi connectivity index (χ3v) is 4.75. The summed E-state index contributed by atoms with van der Waals surface area (Å²) in [4.78, 5) is 6.91. The van der Waals surface area contributed by atoms with E-state index in [1.165, 1.54) is 6.39 Å². The Balaban J connectivity index is 1.63. The van der Waals surface area contributed by atoms with Gasteiger partial charge >= 0.3 is 0 Å². The number of pyridine rings is 1. The molecule has 4 rings (SSSR count). The van der Waals surface area contributed by atoms with Gasteiger partial charge in [0.2, 0.25) is 6.39 Å². The molecular formula is C17H18BrN5O2. The predicted octanol–water partition coefficient (Wildman–Crippen LogP) is 2.79. The summed E-state index contributed by atoms with van der Waals surface area (Å²) in [5.41, 5.74) is 2.69. The largest absolute Gasteiger partial charge is 0.423 e. The van der Waals surface area contributed by atoms with Crippen molar-refractivity contribution in [1.29, 1.82) is 0 Å². The molecule has 0 aliphatic carbocycles. The highest BCUT2D eigenvalue weighted by Gasteiger charge is 2.16. The first kappa shape index (κ1) is 16.4. The third-order valence-electron chi connectivity index (χ3n) is 4.25. The highest BCUT2D eigenvalue weighted by atomic mass is 79.9. The first-order valence-electron chi connectivity index (χ1n) is 8.20. The summed E-state index contributed by atoms with van der Waals surface area (Å²) in [6.45, 7) is 5.32. The zero-order valence-electron chi connectivity index (χ0n) is 13.6. The Labute approximate surface area is 153 Å². The molecule has 2 aromatic heterocycles. The molecule has 1 N–H and O–H groups in total. The van der Waals surface area contributed by atoms with Crippen LogP contribution in [0, 0.1) is 0 Å². The van der Waals surface area contributed by atoms with E-state index in [1.807, 2.05) is 12.1 Å². The second-order valence-corrected chi connectivity index (χ2v) is 6.75. The molecule has 1 aliphatic rings. The van der Waals surface area contributed by atoms with Gasteiger partial charge in [-0.25, -0.2) is 0 Å². The van der Waals surface area contributed by atoms with Crippen molar-refractivity contribution in [2.75, 3.05) is 44.7 Å². The number of rotatable bonds is 5. The van der Waals surface area contributed by atoms with Gasteiger partial charge in [0, 0.05) is 42.2 Å². The van der Waals surface area contributed by atoms with Crippen LogP contribution in [-0.2, 0) is 4.74 Å². The maximum Gasteiger partial charge on any atom is 0.251 e. The zero-order valence-corrected chi connectivity index (χ0v) is 15.2. The van der Waals surface area contributed by atoms with Crippen LogP contribution in [0.3, 0.4) is 0 Å². The summed E-state index contributed by atoms with van der Waals surface area (Å²) in [6, 6.07) is 6.03. The second kappa shape index (κ2) is 7.47. The number of aromatic nitrogens is 3. The Morgan fingerprint density at radius 3 is 2.92 bits per heavy atom. The molecule has 0 unspecified atom stereocenters. The van der Waals surface area contributed by atoms with E-state index in [0.29, 0.717) is 5.89 Å². The lowest BCUT2D eigenvalue weighted by molar-refractivity contribution is 0.0398. The van der Waals surface area contributed by atoms with Crippen LogP contribution in [0.1, 0.15) is 0 Å². The molecule has 1 aliphatic heterocycles. The Bertz CT molecular complexity index is 850. The van der Waals surface area contributed by atoms with Gasteiger partial charge in [-0.15, -0.1) is 10.2 Å². The number of benzene rings is 1. The van der Waals surface area contributed by atoms with Gasteiger partial charge in [-0.1, -0.05) is 15.9 Å². The van der Waals surface area contributed by atoms with Gasteiger partial charge in [0.25, 0.3) is 5.89 Å². The Kier molecular flexibility index (Phi) is 4.91. The van der Waals surface area contributed by atoms with E-state index in [9.17, 15) is 0 Å². The molecule has 8 heteroatoms. The van der Waals surface area contributed by atoms with Crippen molar-refractivity contribution >= 4 is 32.5 Å². The van der Waals surface area contributed by atoms with Gasteiger partial charge in [0.15, 0.2) is 0 Å². The first-order chi connectivity index (χ1) is 12.3. The monoisotopic (exact) mass is 403 g/mol. The molecule has 0 saturated carbocycles. The van der Waals surface area contributed by atoms with Crippen molar-refractivity contribution in [2.45, 2.75) is 0 Å². The Hall–Kier alpha value is -2.03. The standard InChI is InChI=1S/C17H18BrN5O2/c18-12-1-2-15-13(9-12)16(14(10-20-15)17-22-21-11-25-17)19-3-4-23-5-7-24-8-6-23/h1-2,9-11H,3-8H2,(H,19,20). The van der Waals surface area contributed by atoms with Gasteiger partial charge in [-0.3, -0.25) is 9.88 Å². The summed E-state index contributed by atoms with van der Waals surface area (Å²) in [5.74, 6) is 0.461. The van der Waals surface area contributed by atoms with Crippen LogP contribution >= 0.6 is 15.9 Å². The third kappa shape index (κ3) is 3.65. The van der Waals surface area contributed by atoms with Crippen molar-refractivity contribution in [2.24, 2.45) is 0 Å². The fourth-order valence-corrected chi connectivity index (χ4v) is 3.33. The molecule has 0 bridgehead atoms. The van der Waals surface area contributed by atoms with Gasteiger partial charge in [-0.2, -0.15) is 0 Å². The molecule has 130 valence electrons. The fourth-order valence-electron chi connectivity index (χ4n) is 2.97. The van der Waals surface area contributed by atoms with Crippen molar-refractivity contribution in [3.63, 3.8) is 0 Å². The van der Waals surface area contributed by atoms with Gasteiger partial charge in [-0.05, 0) is 18.2 Å². The molecule has 3 heterocycles. The van der Waals surface area contributed by atoms with Crippen LogP contribution in [0.15, 0.2) is 39.7 Å². The first-order valence-corrected chi connectivity index (χ1v) is 8.99. The topological polar surface area (TPSA) is 76.3 Å². The van der Waals surface area contributed by atoms with E-state index in [2.05, 4.69) is 47.4 Å². The number of anilines is 1. The number of morpholine rings is 1. The summed E-state index contributed by atoms with van der Waals surface area (Å²) in [7, 11) is 0. The maximum absolute atomic E-state index is 5.40. The maximum atomic E-state index is 5.40. The van der Waals surface area contributed by atoms with E-state index in [0.717, 1.165) is 66.0 Å². The highest BCUT2D eigenvalue weighted by molar-refractivity contribution is 9.10. The molecule has 1 fully saturated rings. The van der Waals surface area contributed by atoms with E-state index in [-0.39, 0.29) is 0 Å². The second-order valence-electron chi connectivity index (χ2n) is 5.83. The van der Waals surface area contributed by atoms with Crippen LogP contribution in [0.25, 0.3) is 22.4 Å². The van der Waals surface area contributed by atoms with Crippen molar-refractivity contribution in [1.82, 2.24) is 20.1 Å². The lowest BCUT2D eigenvalue weighted by atomic mass is 10.1. The number of nitrogens with zero attached hydrogens (tertiary/aromatic N) is 4. The highest BCUT2D eigenvalue weighted by Crippen LogP contribution is 2.33. The van der Waals surface area contributed by atoms with Crippen LogP contribution in [0.5, 0.6) is 0 Å². The number of hydrogen-bond acceptors (Lipinski definition) is 7. The van der Waals surface area contributed by atoms with Crippen LogP contribution in [0.2, 0.25) is 0 Å². The van der Waals surface area contributed by atoms with Gasteiger partial charge in [0.1, 0.15) is 0 Å². The zero-order chi connectivity index (χ0) is 17.1. The lowest BCUT2D eigenvalue weighted by Gasteiger charge is -2.26. The number of fused-ring (bicyclic) bond motifs is 1. The smallest absolute Gasteiger partial charge is 0.251 e. The molecule has 0 radical (unpaired) electrons. The summed E-state index contributed by atoms with van der Waals surface area (Å²) in [6.07, 6.45) is 3.11. The van der Waals surface area contributed by atoms with E-state index < -0.39 is 0 Å². The minimum atomic E-state index is 0.461. The van der Waals surface area contributed by atoms with Crippen molar-refractivity contribution < 1.29 is 9.15 Å². The summed E-state index contributed by atoms with van der Waals surface area (Å²) < 4.78 is 11.8. The normalized spacial score (nSPS) is 15.6. The number of halogens is 1. The van der Waals surface area contributed by atoms with Crippen LogP contribution < -0.4 is 5.32 Å². The van der Waals surface area contributed by atoms with Crippen LogP contribution in [0.4, 0.5) is 5.69 Å². The number of ether oxygens (including phenoxy) is 1. The minimum absolute atomic E-state index is 0.461. The van der Waals surface area contributed by atoms with Gasteiger partial charge < -0.3 is 14.5 Å². The minimum Gasteiger partial charge on any atom is -0.423 e. The van der Waals surface area contributed by atoms with Crippen LogP contribution in [-0.4, -0.2) is 59.5 Å². The number of hydrogen-bond donors (Lipinski definition) is 1.